The Kier molecular flexibility index (Phi) is 4.57. The van der Waals surface area contributed by atoms with Gasteiger partial charge < -0.3 is 14.9 Å². The SMILES string of the molecule is COc1ccc(C(=O)n2c3c(c4cc(F)ccc42)CC(C(=O)O)(C(=O)O)CC3)cc1. The third-order valence-corrected chi connectivity index (χ3v) is 5.77. The van der Waals surface area contributed by atoms with E-state index in [4.69, 9.17) is 4.74 Å². The number of carbonyl (C=O) groups excluding carboxylic acids is 1. The zero-order valence-corrected chi connectivity index (χ0v) is 16.0. The maximum atomic E-state index is 14.0. The quantitative estimate of drug-likeness (QED) is 0.639. The molecule has 2 N–H and O–H groups in total. The topological polar surface area (TPSA) is 106 Å². The number of rotatable bonds is 4. The number of nitrogens with zero attached hydrogens (tertiary/aromatic N) is 1. The maximum absolute atomic E-state index is 14.0. The van der Waals surface area contributed by atoms with Gasteiger partial charge in [0.25, 0.3) is 5.91 Å². The summed E-state index contributed by atoms with van der Waals surface area (Å²) in [6.45, 7) is 0. The lowest BCUT2D eigenvalue weighted by atomic mass is 9.72. The molecule has 1 heterocycles. The van der Waals surface area contributed by atoms with Crippen molar-refractivity contribution in [1.82, 2.24) is 4.57 Å². The normalized spacial score (nSPS) is 14.9. The first-order valence-corrected chi connectivity index (χ1v) is 9.26. The van der Waals surface area contributed by atoms with E-state index >= 15 is 0 Å². The summed E-state index contributed by atoms with van der Waals surface area (Å²) in [7, 11) is 1.51. The lowest BCUT2D eigenvalue weighted by Crippen LogP contribution is -2.44. The minimum absolute atomic E-state index is 0.0616. The van der Waals surface area contributed by atoms with Crippen LogP contribution in [-0.2, 0) is 22.4 Å². The van der Waals surface area contributed by atoms with Gasteiger partial charge in [-0.2, -0.15) is 0 Å². The number of carboxylic acid groups (broad SMARTS) is 2. The lowest BCUT2D eigenvalue weighted by Gasteiger charge is -2.29. The summed E-state index contributed by atoms with van der Waals surface area (Å²) in [6.07, 6.45) is -0.429. The zero-order chi connectivity index (χ0) is 21.6. The van der Waals surface area contributed by atoms with E-state index in [-0.39, 0.29) is 25.2 Å². The van der Waals surface area contributed by atoms with Gasteiger partial charge in [-0.1, -0.05) is 0 Å². The summed E-state index contributed by atoms with van der Waals surface area (Å²) in [4.78, 5) is 36.9. The van der Waals surface area contributed by atoms with Crippen LogP contribution in [0.3, 0.4) is 0 Å². The van der Waals surface area contributed by atoms with Crippen LogP contribution in [0.15, 0.2) is 42.5 Å². The smallest absolute Gasteiger partial charge is 0.321 e. The highest BCUT2D eigenvalue weighted by Crippen LogP contribution is 2.41. The van der Waals surface area contributed by atoms with E-state index in [1.807, 2.05) is 0 Å². The van der Waals surface area contributed by atoms with E-state index in [1.165, 1.54) is 29.9 Å². The summed E-state index contributed by atoms with van der Waals surface area (Å²) in [6, 6.07) is 10.4. The molecule has 154 valence electrons. The molecule has 0 spiro atoms. The first kappa shape index (κ1) is 19.6. The van der Waals surface area contributed by atoms with Crippen molar-refractivity contribution in [3.8, 4) is 5.75 Å². The van der Waals surface area contributed by atoms with Gasteiger partial charge in [0.1, 0.15) is 11.6 Å². The number of aliphatic carboxylic acids is 2. The molecule has 0 saturated heterocycles. The van der Waals surface area contributed by atoms with Crippen LogP contribution >= 0.6 is 0 Å². The number of fused-ring (bicyclic) bond motifs is 3. The Morgan fingerprint density at radius 2 is 1.73 bits per heavy atom. The van der Waals surface area contributed by atoms with Crippen molar-refractivity contribution in [3.05, 3.63) is 65.1 Å². The van der Waals surface area contributed by atoms with E-state index in [9.17, 15) is 29.0 Å². The van der Waals surface area contributed by atoms with Crippen LogP contribution in [0.25, 0.3) is 10.9 Å². The average Bonchev–Trinajstić information content (AvgIpc) is 3.05. The molecule has 8 heteroatoms. The fraction of sp³-hybridized carbons (Fsp3) is 0.227. The highest BCUT2D eigenvalue weighted by atomic mass is 19.1. The molecule has 30 heavy (non-hydrogen) atoms. The molecular weight excluding hydrogens is 393 g/mol. The Morgan fingerprint density at radius 3 is 2.33 bits per heavy atom. The molecule has 0 aliphatic heterocycles. The first-order valence-electron chi connectivity index (χ1n) is 9.26. The highest BCUT2D eigenvalue weighted by Gasteiger charge is 2.50. The zero-order valence-electron chi connectivity index (χ0n) is 16.0. The average molecular weight is 411 g/mol. The highest BCUT2D eigenvalue weighted by molar-refractivity contribution is 6.05. The molecule has 0 unspecified atom stereocenters. The number of aromatic nitrogens is 1. The molecular formula is C22H18FNO6. The molecule has 4 rings (SSSR count). The van der Waals surface area contributed by atoms with E-state index in [2.05, 4.69) is 0 Å². The number of benzene rings is 2. The summed E-state index contributed by atoms with van der Waals surface area (Å²) in [5.41, 5.74) is -0.347. The third kappa shape index (κ3) is 2.83. The van der Waals surface area contributed by atoms with Crippen molar-refractivity contribution in [2.45, 2.75) is 19.3 Å². The Hall–Kier alpha value is -3.68. The number of methoxy groups -OCH3 is 1. The molecule has 0 fully saturated rings. The van der Waals surface area contributed by atoms with Crippen LogP contribution in [0.5, 0.6) is 5.75 Å². The van der Waals surface area contributed by atoms with Crippen LogP contribution in [0.4, 0.5) is 4.39 Å². The number of carboxylic acids is 2. The molecule has 2 aromatic carbocycles. The third-order valence-electron chi connectivity index (χ3n) is 5.77. The van der Waals surface area contributed by atoms with Crippen molar-refractivity contribution in [3.63, 3.8) is 0 Å². The van der Waals surface area contributed by atoms with Crippen molar-refractivity contribution in [1.29, 1.82) is 0 Å². The molecule has 0 bridgehead atoms. The lowest BCUT2D eigenvalue weighted by molar-refractivity contribution is -0.165. The Bertz CT molecular complexity index is 1180. The molecule has 1 aromatic heterocycles. The predicted molar refractivity (Wildman–Crippen MR) is 104 cm³/mol. The van der Waals surface area contributed by atoms with Crippen LogP contribution in [0.1, 0.15) is 28.0 Å². The van der Waals surface area contributed by atoms with E-state index in [0.717, 1.165) is 0 Å². The van der Waals surface area contributed by atoms with Crippen molar-refractivity contribution in [2.24, 2.45) is 5.41 Å². The Morgan fingerprint density at radius 1 is 1.07 bits per heavy atom. The molecule has 1 aliphatic rings. The fourth-order valence-electron chi connectivity index (χ4n) is 4.11. The van der Waals surface area contributed by atoms with Crippen molar-refractivity contribution < 1.29 is 33.7 Å². The second kappa shape index (κ2) is 6.98. The van der Waals surface area contributed by atoms with Gasteiger partial charge >= 0.3 is 11.9 Å². The number of ether oxygens (including phenoxy) is 1. The second-order valence-corrected chi connectivity index (χ2v) is 7.32. The van der Waals surface area contributed by atoms with Crippen molar-refractivity contribution >= 4 is 28.7 Å². The van der Waals surface area contributed by atoms with Gasteiger partial charge in [0, 0.05) is 23.1 Å². The summed E-state index contributed by atoms with van der Waals surface area (Å²) in [5, 5.41) is 19.6. The Balaban J connectivity index is 1.92. The van der Waals surface area contributed by atoms with Gasteiger partial charge in [-0.05, 0) is 60.9 Å². The molecule has 3 aromatic rings. The van der Waals surface area contributed by atoms with Gasteiger partial charge in [0.05, 0.1) is 12.6 Å². The minimum atomic E-state index is -2.01. The summed E-state index contributed by atoms with van der Waals surface area (Å²) >= 11 is 0. The first-order chi connectivity index (χ1) is 14.3. The van der Waals surface area contributed by atoms with Gasteiger partial charge in [0.15, 0.2) is 5.41 Å². The number of carbonyl (C=O) groups is 3. The van der Waals surface area contributed by atoms with E-state index in [0.29, 0.717) is 33.5 Å². The van der Waals surface area contributed by atoms with Gasteiger partial charge in [0.2, 0.25) is 0 Å². The van der Waals surface area contributed by atoms with Crippen LogP contribution in [0.2, 0.25) is 0 Å². The standard InChI is InChI=1S/C22H18FNO6/c1-30-14-5-2-12(3-6-14)19(25)24-17-7-4-13(23)10-15(17)16-11-22(20(26)27,21(28)29)9-8-18(16)24/h2-7,10H,8-9,11H2,1H3,(H,26,27)(H,28,29). The largest absolute Gasteiger partial charge is 0.497 e. The number of hydrogen-bond donors (Lipinski definition) is 2. The molecule has 7 nitrogen and oxygen atoms in total. The monoisotopic (exact) mass is 411 g/mol. The van der Waals surface area contributed by atoms with Crippen LogP contribution < -0.4 is 4.74 Å². The molecule has 1 aliphatic carbocycles. The fourth-order valence-corrected chi connectivity index (χ4v) is 4.11. The predicted octanol–water partition coefficient (Wildman–Crippen LogP) is 3.12. The van der Waals surface area contributed by atoms with Gasteiger partial charge in [-0.15, -0.1) is 0 Å². The van der Waals surface area contributed by atoms with E-state index < -0.39 is 23.2 Å². The van der Waals surface area contributed by atoms with Crippen molar-refractivity contribution in [2.75, 3.05) is 7.11 Å². The summed E-state index contributed by atoms with van der Waals surface area (Å²) in [5.74, 6) is -3.23. The number of halogens is 1. The minimum Gasteiger partial charge on any atom is -0.497 e. The van der Waals surface area contributed by atoms with Crippen LogP contribution in [-0.4, -0.2) is 39.7 Å². The van der Waals surface area contributed by atoms with Crippen LogP contribution in [0, 0.1) is 11.2 Å². The molecule has 0 atom stereocenters. The van der Waals surface area contributed by atoms with Gasteiger partial charge in [-0.3, -0.25) is 19.0 Å². The summed E-state index contributed by atoms with van der Waals surface area (Å²) < 4.78 is 20.5. The second-order valence-electron chi connectivity index (χ2n) is 7.32. The molecule has 0 amide bonds. The molecule has 0 radical (unpaired) electrons. The maximum Gasteiger partial charge on any atom is 0.321 e. The Labute approximate surface area is 170 Å². The van der Waals surface area contributed by atoms with E-state index in [1.54, 1.807) is 24.3 Å². The molecule has 0 saturated carbocycles. The number of hydrogen-bond acceptors (Lipinski definition) is 4. The van der Waals surface area contributed by atoms with Gasteiger partial charge in [-0.25, -0.2) is 4.39 Å².